The van der Waals surface area contributed by atoms with Crippen molar-refractivity contribution in [3.05, 3.63) is 17.0 Å². The highest BCUT2D eigenvalue weighted by Gasteiger charge is 2.30. The van der Waals surface area contributed by atoms with Crippen LogP contribution < -0.4 is 0 Å². The van der Waals surface area contributed by atoms with Crippen LogP contribution in [0.25, 0.3) is 0 Å². The van der Waals surface area contributed by atoms with Gasteiger partial charge in [0.25, 0.3) is 0 Å². The zero-order chi connectivity index (χ0) is 12.5. The number of rotatable bonds is 3. The minimum atomic E-state index is -3.21. The molecular formula is C12H16O3S2. The van der Waals surface area contributed by atoms with Crippen LogP contribution in [0.1, 0.15) is 48.7 Å². The first-order chi connectivity index (χ1) is 8.01. The molecule has 0 unspecified atom stereocenters. The van der Waals surface area contributed by atoms with E-state index < -0.39 is 9.84 Å². The number of ketones is 1. The molecule has 1 aliphatic carbocycles. The van der Waals surface area contributed by atoms with Gasteiger partial charge in [-0.2, -0.15) is 0 Å². The van der Waals surface area contributed by atoms with E-state index in [1.54, 1.807) is 12.1 Å². The molecule has 1 fully saturated rings. The first kappa shape index (κ1) is 12.8. The van der Waals surface area contributed by atoms with Crippen molar-refractivity contribution in [2.24, 2.45) is 0 Å². The SMILES string of the molecule is CC(=O)c1ccc(S(=O)(=O)C2CCCCC2)s1. The van der Waals surface area contributed by atoms with Gasteiger partial charge in [-0.05, 0) is 31.9 Å². The van der Waals surface area contributed by atoms with Crippen molar-refractivity contribution in [2.75, 3.05) is 0 Å². The summed E-state index contributed by atoms with van der Waals surface area (Å²) in [6.45, 7) is 1.46. The summed E-state index contributed by atoms with van der Waals surface area (Å²) in [6, 6.07) is 3.19. The Morgan fingerprint density at radius 1 is 1.24 bits per heavy atom. The lowest BCUT2D eigenvalue weighted by Crippen LogP contribution is -2.23. The van der Waals surface area contributed by atoms with Gasteiger partial charge in [-0.25, -0.2) is 8.42 Å². The van der Waals surface area contributed by atoms with Crippen molar-refractivity contribution in [1.29, 1.82) is 0 Å². The Bertz CT molecular complexity index is 508. The van der Waals surface area contributed by atoms with Gasteiger partial charge in [0.05, 0.1) is 10.1 Å². The second-order valence-electron chi connectivity index (χ2n) is 4.48. The van der Waals surface area contributed by atoms with E-state index in [-0.39, 0.29) is 11.0 Å². The zero-order valence-corrected chi connectivity index (χ0v) is 11.4. The summed E-state index contributed by atoms with van der Waals surface area (Å²) in [5.41, 5.74) is 0. The topological polar surface area (TPSA) is 51.2 Å². The van der Waals surface area contributed by atoms with E-state index in [1.807, 2.05) is 0 Å². The van der Waals surface area contributed by atoms with Crippen molar-refractivity contribution in [3.8, 4) is 0 Å². The number of carbonyl (C=O) groups is 1. The fourth-order valence-corrected chi connectivity index (χ4v) is 5.52. The standard InChI is InChI=1S/C12H16O3S2/c1-9(13)11-7-8-12(16-11)17(14,15)10-5-3-2-4-6-10/h7-8,10H,2-6H2,1H3. The monoisotopic (exact) mass is 272 g/mol. The van der Waals surface area contributed by atoms with Crippen LogP contribution in [0.5, 0.6) is 0 Å². The molecule has 1 saturated carbocycles. The normalized spacial score (nSPS) is 18.2. The Balaban J connectivity index is 2.27. The number of carbonyl (C=O) groups excluding carboxylic acids is 1. The van der Waals surface area contributed by atoms with Crippen LogP contribution in [0.2, 0.25) is 0 Å². The Kier molecular flexibility index (Phi) is 3.68. The number of sulfone groups is 1. The molecule has 0 radical (unpaired) electrons. The Morgan fingerprint density at radius 2 is 1.88 bits per heavy atom. The summed E-state index contributed by atoms with van der Waals surface area (Å²) in [7, 11) is -3.21. The maximum atomic E-state index is 12.3. The van der Waals surface area contributed by atoms with Crippen molar-refractivity contribution in [3.63, 3.8) is 0 Å². The Hall–Kier alpha value is -0.680. The molecular weight excluding hydrogens is 256 g/mol. The molecule has 2 rings (SSSR count). The molecule has 1 aromatic heterocycles. The number of Topliss-reactive ketones (excluding diaryl/α,β-unsaturated/α-hetero) is 1. The number of hydrogen-bond acceptors (Lipinski definition) is 4. The van der Waals surface area contributed by atoms with Crippen molar-refractivity contribution < 1.29 is 13.2 Å². The summed E-state index contributed by atoms with van der Waals surface area (Å²) in [5, 5.41) is -0.241. The fraction of sp³-hybridized carbons (Fsp3) is 0.583. The Labute approximate surface area is 106 Å². The van der Waals surface area contributed by atoms with E-state index in [4.69, 9.17) is 0 Å². The highest BCUT2D eigenvalue weighted by molar-refractivity contribution is 7.94. The van der Waals surface area contributed by atoms with Gasteiger partial charge < -0.3 is 0 Å². The molecule has 1 heterocycles. The molecule has 0 atom stereocenters. The maximum absolute atomic E-state index is 12.3. The first-order valence-corrected chi connectivity index (χ1v) is 8.23. The molecule has 0 aliphatic heterocycles. The summed E-state index contributed by atoms with van der Waals surface area (Å²) < 4.78 is 25.0. The van der Waals surface area contributed by atoms with E-state index in [0.717, 1.165) is 43.4 Å². The molecule has 0 aromatic carbocycles. The molecule has 3 nitrogen and oxygen atoms in total. The molecule has 0 amide bonds. The van der Waals surface area contributed by atoms with Crippen LogP contribution in [-0.4, -0.2) is 19.5 Å². The molecule has 94 valence electrons. The summed E-state index contributed by atoms with van der Waals surface area (Å²) in [6.07, 6.45) is 4.64. The Morgan fingerprint density at radius 3 is 2.41 bits per heavy atom. The van der Waals surface area contributed by atoms with Crippen molar-refractivity contribution in [2.45, 2.75) is 48.5 Å². The van der Waals surface area contributed by atoms with E-state index in [9.17, 15) is 13.2 Å². The van der Waals surface area contributed by atoms with Gasteiger partial charge in [-0.3, -0.25) is 4.79 Å². The fourth-order valence-electron chi connectivity index (χ4n) is 2.20. The third kappa shape index (κ3) is 2.60. The molecule has 17 heavy (non-hydrogen) atoms. The smallest absolute Gasteiger partial charge is 0.190 e. The molecule has 5 heteroatoms. The maximum Gasteiger partial charge on any atom is 0.190 e. The van der Waals surface area contributed by atoms with Crippen molar-refractivity contribution >= 4 is 27.0 Å². The van der Waals surface area contributed by atoms with Gasteiger partial charge in [0.1, 0.15) is 4.21 Å². The van der Waals surface area contributed by atoms with Crippen LogP contribution in [0.15, 0.2) is 16.3 Å². The summed E-state index contributed by atoms with van der Waals surface area (Å²) in [5.74, 6) is -0.0694. The average Bonchev–Trinajstić information content (AvgIpc) is 2.80. The third-order valence-corrected chi connectivity index (χ3v) is 7.17. The number of hydrogen-bond donors (Lipinski definition) is 0. The molecule has 1 aromatic rings. The van der Waals surface area contributed by atoms with E-state index in [0.29, 0.717) is 9.09 Å². The largest absolute Gasteiger partial charge is 0.294 e. The van der Waals surface area contributed by atoms with Crippen LogP contribution >= 0.6 is 11.3 Å². The number of thiophene rings is 1. The minimum Gasteiger partial charge on any atom is -0.294 e. The predicted molar refractivity (Wildman–Crippen MR) is 68.4 cm³/mol. The van der Waals surface area contributed by atoms with Gasteiger partial charge in [-0.1, -0.05) is 19.3 Å². The third-order valence-electron chi connectivity index (χ3n) is 3.20. The average molecular weight is 272 g/mol. The van der Waals surface area contributed by atoms with Crippen molar-refractivity contribution in [1.82, 2.24) is 0 Å². The summed E-state index contributed by atoms with van der Waals surface area (Å²) >= 11 is 1.10. The summed E-state index contributed by atoms with van der Waals surface area (Å²) in [4.78, 5) is 11.7. The molecule has 0 bridgehead atoms. The van der Waals surface area contributed by atoms with Crippen LogP contribution in [0.4, 0.5) is 0 Å². The highest BCUT2D eigenvalue weighted by Crippen LogP contribution is 2.32. The highest BCUT2D eigenvalue weighted by atomic mass is 32.2. The predicted octanol–water partition coefficient (Wildman–Crippen LogP) is 3.06. The molecule has 1 aliphatic rings. The lowest BCUT2D eigenvalue weighted by molar-refractivity contribution is 0.102. The first-order valence-electron chi connectivity index (χ1n) is 5.86. The second kappa shape index (κ2) is 4.90. The van der Waals surface area contributed by atoms with E-state index in [2.05, 4.69) is 0 Å². The lowest BCUT2D eigenvalue weighted by Gasteiger charge is -2.20. The van der Waals surface area contributed by atoms with Gasteiger partial charge in [-0.15, -0.1) is 11.3 Å². The minimum absolute atomic E-state index is 0.0694. The lowest BCUT2D eigenvalue weighted by atomic mass is 10.0. The van der Waals surface area contributed by atoms with Gasteiger partial charge in [0.2, 0.25) is 0 Å². The van der Waals surface area contributed by atoms with Crippen LogP contribution in [-0.2, 0) is 9.84 Å². The molecule has 0 spiro atoms. The van der Waals surface area contributed by atoms with Crippen LogP contribution in [0.3, 0.4) is 0 Å². The van der Waals surface area contributed by atoms with E-state index in [1.165, 1.54) is 6.92 Å². The van der Waals surface area contributed by atoms with Crippen LogP contribution in [0, 0.1) is 0 Å². The van der Waals surface area contributed by atoms with Gasteiger partial charge in [0.15, 0.2) is 15.6 Å². The molecule has 0 N–H and O–H groups in total. The molecule has 0 saturated heterocycles. The van der Waals surface area contributed by atoms with E-state index >= 15 is 0 Å². The van der Waals surface area contributed by atoms with Gasteiger partial charge >= 0.3 is 0 Å². The quantitative estimate of drug-likeness (QED) is 0.795. The zero-order valence-electron chi connectivity index (χ0n) is 9.81. The van der Waals surface area contributed by atoms with Gasteiger partial charge in [0, 0.05) is 0 Å². The second-order valence-corrected chi connectivity index (χ2v) is 8.02.